The molecule has 0 saturated heterocycles. The van der Waals surface area contributed by atoms with Crippen LogP contribution in [0.15, 0.2) is 16.7 Å². The molecule has 0 spiro atoms. The Morgan fingerprint density at radius 2 is 2.29 bits per heavy atom. The standard InChI is InChI=1S/C11H19NO2/c1-9(2)3-4-13-8-11-5-10(6-12)7-14-11/h5,7,9H,3-4,6,8,12H2,1-2H3. The Balaban J connectivity index is 2.18. The molecule has 0 saturated carbocycles. The zero-order valence-electron chi connectivity index (χ0n) is 8.95. The zero-order chi connectivity index (χ0) is 10.4. The number of rotatable bonds is 6. The maximum Gasteiger partial charge on any atom is 0.129 e. The molecule has 1 aromatic rings. The SMILES string of the molecule is CC(C)CCOCc1cc(CN)co1. The van der Waals surface area contributed by atoms with Crippen LogP contribution in [0.2, 0.25) is 0 Å². The minimum Gasteiger partial charge on any atom is -0.467 e. The van der Waals surface area contributed by atoms with E-state index in [1.165, 1.54) is 0 Å². The molecule has 0 bridgehead atoms. The number of ether oxygens (including phenoxy) is 1. The van der Waals surface area contributed by atoms with Gasteiger partial charge in [0, 0.05) is 18.7 Å². The van der Waals surface area contributed by atoms with Crippen molar-refractivity contribution in [3.8, 4) is 0 Å². The fourth-order valence-corrected chi connectivity index (χ4v) is 1.10. The lowest BCUT2D eigenvalue weighted by molar-refractivity contribution is 0.0970. The Morgan fingerprint density at radius 1 is 1.50 bits per heavy atom. The van der Waals surface area contributed by atoms with Crippen LogP contribution >= 0.6 is 0 Å². The third-order valence-corrected chi connectivity index (χ3v) is 2.03. The summed E-state index contributed by atoms with van der Waals surface area (Å²) in [7, 11) is 0. The lowest BCUT2D eigenvalue weighted by atomic mass is 10.1. The van der Waals surface area contributed by atoms with E-state index in [0.29, 0.717) is 19.1 Å². The van der Waals surface area contributed by atoms with Crippen molar-refractivity contribution in [2.24, 2.45) is 11.7 Å². The fourth-order valence-electron chi connectivity index (χ4n) is 1.10. The largest absolute Gasteiger partial charge is 0.467 e. The highest BCUT2D eigenvalue weighted by Crippen LogP contribution is 2.09. The predicted octanol–water partition coefficient (Wildman–Crippen LogP) is 2.30. The molecule has 1 heterocycles. The van der Waals surface area contributed by atoms with Crippen molar-refractivity contribution in [1.29, 1.82) is 0 Å². The summed E-state index contributed by atoms with van der Waals surface area (Å²) in [5.74, 6) is 1.54. The smallest absolute Gasteiger partial charge is 0.129 e. The van der Waals surface area contributed by atoms with E-state index >= 15 is 0 Å². The molecule has 0 aliphatic rings. The summed E-state index contributed by atoms with van der Waals surface area (Å²) in [6.45, 7) is 6.23. The number of nitrogens with two attached hydrogens (primary N) is 1. The van der Waals surface area contributed by atoms with Crippen molar-refractivity contribution in [3.05, 3.63) is 23.7 Å². The van der Waals surface area contributed by atoms with Gasteiger partial charge < -0.3 is 14.9 Å². The van der Waals surface area contributed by atoms with Crippen molar-refractivity contribution >= 4 is 0 Å². The third-order valence-electron chi connectivity index (χ3n) is 2.03. The van der Waals surface area contributed by atoms with E-state index in [4.69, 9.17) is 14.9 Å². The highest BCUT2D eigenvalue weighted by atomic mass is 16.5. The predicted molar refractivity (Wildman–Crippen MR) is 55.7 cm³/mol. The molecule has 0 radical (unpaired) electrons. The number of hydrogen-bond donors (Lipinski definition) is 1. The molecular weight excluding hydrogens is 178 g/mol. The van der Waals surface area contributed by atoms with Crippen molar-refractivity contribution in [1.82, 2.24) is 0 Å². The Hall–Kier alpha value is -0.800. The molecule has 0 fully saturated rings. The molecule has 0 atom stereocenters. The average molecular weight is 197 g/mol. The van der Waals surface area contributed by atoms with Gasteiger partial charge >= 0.3 is 0 Å². The van der Waals surface area contributed by atoms with Gasteiger partial charge in [-0.1, -0.05) is 13.8 Å². The molecule has 3 nitrogen and oxygen atoms in total. The summed E-state index contributed by atoms with van der Waals surface area (Å²) in [4.78, 5) is 0. The Labute approximate surface area is 85.2 Å². The van der Waals surface area contributed by atoms with Crippen LogP contribution < -0.4 is 5.73 Å². The minimum absolute atomic E-state index is 0.523. The summed E-state index contributed by atoms with van der Waals surface area (Å²) in [5, 5.41) is 0. The van der Waals surface area contributed by atoms with Gasteiger partial charge in [-0.3, -0.25) is 0 Å². The van der Waals surface area contributed by atoms with Crippen molar-refractivity contribution in [2.45, 2.75) is 33.4 Å². The van der Waals surface area contributed by atoms with Crippen LogP contribution in [0.5, 0.6) is 0 Å². The number of furan rings is 1. The van der Waals surface area contributed by atoms with Gasteiger partial charge in [0.15, 0.2) is 0 Å². The molecule has 1 rings (SSSR count). The molecular formula is C11H19NO2. The lowest BCUT2D eigenvalue weighted by Crippen LogP contribution is -1.98. The molecule has 0 aliphatic heterocycles. The van der Waals surface area contributed by atoms with Crippen LogP contribution in [0.3, 0.4) is 0 Å². The van der Waals surface area contributed by atoms with E-state index in [0.717, 1.165) is 24.4 Å². The Morgan fingerprint density at radius 3 is 2.86 bits per heavy atom. The molecule has 14 heavy (non-hydrogen) atoms. The van der Waals surface area contributed by atoms with Gasteiger partial charge in [-0.2, -0.15) is 0 Å². The lowest BCUT2D eigenvalue weighted by Gasteiger charge is -2.04. The highest BCUT2D eigenvalue weighted by Gasteiger charge is 2.00. The quantitative estimate of drug-likeness (QED) is 0.712. The average Bonchev–Trinajstić information content (AvgIpc) is 2.60. The van der Waals surface area contributed by atoms with Gasteiger partial charge in [0.1, 0.15) is 12.4 Å². The van der Waals surface area contributed by atoms with Crippen molar-refractivity contribution in [3.63, 3.8) is 0 Å². The first-order chi connectivity index (χ1) is 6.72. The van der Waals surface area contributed by atoms with E-state index in [1.807, 2.05) is 6.07 Å². The summed E-state index contributed by atoms with van der Waals surface area (Å²) < 4.78 is 10.7. The Kier molecular flexibility index (Phi) is 4.70. The second-order valence-corrected chi connectivity index (χ2v) is 3.86. The summed E-state index contributed by atoms with van der Waals surface area (Å²) in [5.41, 5.74) is 6.48. The van der Waals surface area contributed by atoms with E-state index in [2.05, 4.69) is 13.8 Å². The first-order valence-electron chi connectivity index (χ1n) is 5.06. The normalized spacial score (nSPS) is 11.1. The molecule has 0 aromatic carbocycles. The summed E-state index contributed by atoms with van der Waals surface area (Å²) in [6.07, 6.45) is 2.77. The maximum absolute atomic E-state index is 5.46. The summed E-state index contributed by atoms with van der Waals surface area (Å²) >= 11 is 0. The van der Waals surface area contributed by atoms with Gasteiger partial charge in [0.05, 0.1) is 6.26 Å². The van der Waals surface area contributed by atoms with Gasteiger partial charge in [0.2, 0.25) is 0 Å². The van der Waals surface area contributed by atoms with Gasteiger partial charge in [-0.15, -0.1) is 0 Å². The minimum atomic E-state index is 0.523. The Bertz CT molecular complexity index is 256. The highest BCUT2D eigenvalue weighted by molar-refractivity contribution is 5.11. The first kappa shape index (κ1) is 11.3. The molecule has 0 unspecified atom stereocenters. The molecule has 2 N–H and O–H groups in total. The molecule has 0 amide bonds. The van der Waals surface area contributed by atoms with Crippen LogP contribution in [0.1, 0.15) is 31.6 Å². The van der Waals surface area contributed by atoms with Crippen LogP contribution in [-0.2, 0) is 17.9 Å². The van der Waals surface area contributed by atoms with Crippen molar-refractivity contribution in [2.75, 3.05) is 6.61 Å². The molecule has 1 aromatic heterocycles. The van der Waals surface area contributed by atoms with Crippen LogP contribution in [0.25, 0.3) is 0 Å². The van der Waals surface area contributed by atoms with Crippen LogP contribution in [0.4, 0.5) is 0 Å². The second-order valence-electron chi connectivity index (χ2n) is 3.86. The first-order valence-corrected chi connectivity index (χ1v) is 5.06. The van der Waals surface area contributed by atoms with E-state index in [9.17, 15) is 0 Å². The van der Waals surface area contributed by atoms with Gasteiger partial charge in [-0.25, -0.2) is 0 Å². The molecule has 80 valence electrons. The third kappa shape index (κ3) is 3.94. The summed E-state index contributed by atoms with van der Waals surface area (Å²) in [6, 6.07) is 1.94. The monoisotopic (exact) mass is 197 g/mol. The number of hydrogen-bond acceptors (Lipinski definition) is 3. The van der Waals surface area contributed by atoms with E-state index in [1.54, 1.807) is 6.26 Å². The van der Waals surface area contributed by atoms with E-state index < -0.39 is 0 Å². The zero-order valence-corrected chi connectivity index (χ0v) is 8.95. The van der Waals surface area contributed by atoms with Crippen LogP contribution in [-0.4, -0.2) is 6.61 Å². The van der Waals surface area contributed by atoms with Gasteiger partial charge in [0.25, 0.3) is 0 Å². The second kappa shape index (κ2) is 5.83. The molecule has 0 aliphatic carbocycles. The maximum atomic E-state index is 5.46. The van der Waals surface area contributed by atoms with Gasteiger partial charge in [-0.05, 0) is 18.4 Å². The topological polar surface area (TPSA) is 48.4 Å². The van der Waals surface area contributed by atoms with Crippen LogP contribution in [0, 0.1) is 5.92 Å². The van der Waals surface area contributed by atoms with Crippen molar-refractivity contribution < 1.29 is 9.15 Å². The van der Waals surface area contributed by atoms with E-state index in [-0.39, 0.29) is 0 Å². The molecule has 3 heteroatoms. The fraction of sp³-hybridized carbons (Fsp3) is 0.636.